The molecule has 0 unspecified atom stereocenters. The molecular weight excluding hydrogens is 216 g/mol. The molecule has 100 valence electrons. The highest BCUT2D eigenvalue weighted by atomic mass is 16.5. The van der Waals surface area contributed by atoms with E-state index >= 15 is 0 Å². The van der Waals surface area contributed by atoms with Crippen LogP contribution < -0.4 is 5.32 Å². The van der Waals surface area contributed by atoms with Gasteiger partial charge in [-0.3, -0.25) is 4.79 Å². The second kappa shape index (κ2) is 8.48. The lowest BCUT2D eigenvalue weighted by molar-refractivity contribution is -0.143. The Morgan fingerprint density at radius 2 is 2.24 bits per heavy atom. The maximum Gasteiger partial charge on any atom is 0.305 e. The van der Waals surface area contributed by atoms with E-state index in [4.69, 9.17) is 4.74 Å². The van der Waals surface area contributed by atoms with Gasteiger partial charge in [-0.1, -0.05) is 6.42 Å². The molecule has 1 fully saturated rings. The molecule has 4 heteroatoms. The SMILES string of the molecule is CCOC(=O)CCCCCN1CCN[C@@H](C)C1. The molecule has 0 spiro atoms. The van der Waals surface area contributed by atoms with Gasteiger partial charge in [0.1, 0.15) is 0 Å². The Morgan fingerprint density at radius 3 is 2.94 bits per heavy atom. The molecule has 1 heterocycles. The number of hydrogen-bond donors (Lipinski definition) is 1. The predicted molar refractivity (Wildman–Crippen MR) is 69.0 cm³/mol. The Labute approximate surface area is 105 Å². The highest BCUT2D eigenvalue weighted by Gasteiger charge is 2.14. The number of nitrogens with one attached hydrogen (secondary N) is 1. The largest absolute Gasteiger partial charge is 0.466 e. The summed E-state index contributed by atoms with van der Waals surface area (Å²) in [6.45, 7) is 9.15. The van der Waals surface area contributed by atoms with Crippen LogP contribution in [0.15, 0.2) is 0 Å². The first-order valence-electron chi connectivity index (χ1n) is 6.83. The van der Waals surface area contributed by atoms with Gasteiger partial charge in [0.15, 0.2) is 0 Å². The quantitative estimate of drug-likeness (QED) is 0.541. The molecule has 1 aliphatic heterocycles. The van der Waals surface area contributed by atoms with Gasteiger partial charge >= 0.3 is 5.97 Å². The molecule has 0 amide bonds. The van der Waals surface area contributed by atoms with Crippen LogP contribution in [0.4, 0.5) is 0 Å². The van der Waals surface area contributed by atoms with Crippen LogP contribution >= 0.6 is 0 Å². The van der Waals surface area contributed by atoms with Crippen molar-refractivity contribution in [3.63, 3.8) is 0 Å². The average Bonchev–Trinajstić information content (AvgIpc) is 2.29. The van der Waals surface area contributed by atoms with Crippen LogP contribution in [-0.4, -0.2) is 49.7 Å². The van der Waals surface area contributed by atoms with Crippen molar-refractivity contribution in [3.8, 4) is 0 Å². The van der Waals surface area contributed by atoms with E-state index in [1.54, 1.807) is 0 Å². The van der Waals surface area contributed by atoms with Crippen molar-refractivity contribution in [2.45, 2.75) is 45.6 Å². The molecule has 1 N–H and O–H groups in total. The highest BCUT2D eigenvalue weighted by molar-refractivity contribution is 5.69. The highest BCUT2D eigenvalue weighted by Crippen LogP contribution is 2.05. The minimum Gasteiger partial charge on any atom is -0.466 e. The van der Waals surface area contributed by atoms with Crippen molar-refractivity contribution < 1.29 is 9.53 Å². The third-order valence-corrected chi connectivity index (χ3v) is 3.11. The van der Waals surface area contributed by atoms with Gasteiger partial charge in [-0.2, -0.15) is 0 Å². The zero-order valence-corrected chi connectivity index (χ0v) is 11.2. The van der Waals surface area contributed by atoms with E-state index in [2.05, 4.69) is 17.1 Å². The van der Waals surface area contributed by atoms with Gasteiger partial charge in [0, 0.05) is 32.1 Å². The van der Waals surface area contributed by atoms with Crippen molar-refractivity contribution in [1.29, 1.82) is 0 Å². The fourth-order valence-corrected chi connectivity index (χ4v) is 2.23. The Kier molecular flexibility index (Phi) is 7.21. The van der Waals surface area contributed by atoms with E-state index < -0.39 is 0 Å². The van der Waals surface area contributed by atoms with Crippen LogP contribution in [0.3, 0.4) is 0 Å². The van der Waals surface area contributed by atoms with Crippen molar-refractivity contribution in [3.05, 3.63) is 0 Å². The van der Waals surface area contributed by atoms with E-state index in [0.717, 1.165) is 39.0 Å². The second-order valence-corrected chi connectivity index (χ2v) is 4.77. The molecule has 4 nitrogen and oxygen atoms in total. The fraction of sp³-hybridized carbons (Fsp3) is 0.923. The molecule has 0 aromatic heterocycles. The third-order valence-electron chi connectivity index (χ3n) is 3.11. The third kappa shape index (κ3) is 6.64. The van der Waals surface area contributed by atoms with E-state index in [0.29, 0.717) is 19.1 Å². The molecule has 0 aromatic carbocycles. The number of carbonyl (C=O) groups excluding carboxylic acids is 1. The van der Waals surface area contributed by atoms with E-state index in [-0.39, 0.29) is 5.97 Å². The van der Waals surface area contributed by atoms with Crippen LogP contribution in [0.5, 0.6) is 0 Å². The lowest BCUT2D eigenvalue weighted by Crippen LogP contribution is -2.49. The molecule has 17 heavy (non-hydrogen) atoms. The molecule has 0 saturated carbocycles. The van der Waals surface area contributed by atoms with Gasteiger partial charge in [-0.25, -0.2) is 0 Å². The summed E-state index contributed by atoms with van der Waals surface area (Å²) in [7, 11) is 0. The maximum atomic E-state index is 11.1. The Morgan fingerprint density at radius 1 is 1.41 bits per heavy atom. The van der Waals surface area contributed by atoms with Crippen LogP contribution in [-0.2, 0) is 9.53 Å². The normalized spacial score (nSPS) is 21.4. The van der Waals surface area contributed by atoms with Crippen molar-refractivity contribution in [2.24, 2.45) is 0 Å². The number of rotatable bonds is 7. The summed E-state index contributed by atoms with van der Waals surface area (Å²) in [6.07, 6.45) is 3.84. The van der Waals surface area contributed by atoms with Crippen LogP contribution in [0.25, 0.3) is 0 Å². The average molecular weight is 242 g/mol. The second-order valence-electron chi connectivity index (χ2n) is 4.77. The van der Waals surface area contributed by atoms with Crippen LogP contribution in [0, 0.1) is 0 Å². The zero-order chi connectivity index (χ0) is 12.5. The van der Waals surface area contributed by atoms with Crippen LogP contribution in [0.2, 0.25) is 0 Å². The molecule has 1 rings (SSSR count). The molecule has 1 aliphatic rings. The van der Waals surface area contributed by atoms with E-state index in [1.165, 1.54) is 6.42 Å². The lowest BCUT2D eigenvalue weighted by Gasteiger charge is -2.31. The topological polar surface area (TPSA) is 41.6 Å². The minimum atomic E-state index is -0.0525. The van der Waals surface area contributed by atoms with Crippen LogP contribution in [0.1, 0.15) is 39.5 Å². The number of hydrogen-bond acceptors (Lipinski definition) is 4. The van der Waals surface area contributed by atoms with E-state index in [9.17, 15) is 4.79 Å². The first-order chi connectivity index (χ1) is 8.22. The van der Waals surface area contributed by atoms with Gasteiger partial charge < -0.3 is 15.0 Å². The molecule has 0 radical (unpaired) electrons. The van der Waals surface area contributed by atoms with Gasteiger partial charge in [0.05, 0.1) is 6.61 Å². The summed E-state index contributed by atoms with van der Waals surface area (Å²) in [5.74, 6) is -0.0525. The number of piperazine rings is 1. The van der Waals surface area contributed by atoms with Gasteiger partial charge in [0.25, 0.3) is 0 Å². The van der Waals surface area contributed by atoms with Gasteiger partial charge in [-0.15, -0.1) is 0 Å². The number of carbonyl (C=O) groups is 1. The Balaban J connectivity index is 1.95. The van der Waals surface area contributed by atoms with Crippen molar-refractivity contribution >= 4 is 5.97 Å². The summed E-state index contributed by atoms with van der Waals surface area (Å²) in [5, 5.41) is 3.44. The molecule has 1 saturated heterocycles. The molecule has 0 aromatic rings. The van der Waals surface area contributed by atoms with E-state index in [1.807, 2.05) is 6.92 Å². The number of ether oxygens (including phenoxy) is 1. The first kappa shape index (κ1) is 14.5. The number of esters is 1. The molecule has 1 atom stereocenters. The lowest BCUT2D eigenvalue weighted by atomic mass is 10.1. The number of unbranched alkanes of at least 4 members (excludes halogenated alkanes) is 2. The Bertz CT molecular complexity index is 221. The van der Waals surface area contributed by atoms with Crippen molar-refractivity contribution in [2.75, 3.05) is 32.8 Å². The van der Waals surface area contributed by atoms with Gasteiger partial charge in [-0.05, 0) is 33.2 Å². The monoisotopic (exact) mass is 242 g/mol. The summed E-state index contributed by atoms with van der Waals surface area (Å²) in [5.41, 5.74) is 0. The summed E-state index contributed by atoms with van der Waals surface area (Å²) in [6, 6.07) is 0.614. The molecule has 0 aliphatic carbocycles. The fourth-order valence-electron chi connectivity index (χ4n) is 2.23. The smallest absolute Gasteiger partial charge is 0.305 e. The molecular formula is C13H26N2O2. The maximum absolute atomic E-state index is 11.1. The summed E-state index contributed by atoms with van der Waals surface area (Å²) < 4.78 is 4.89. The minimum absolute atomic E-state index is 0.0525. The predicted octanol–water partition coefficient (Wildman–Crippen LogP) is 1.40. The van der Waals surface area contributed by atoms with Crippen molar-refractivity contribution in [1.82, 2.24) is 10.2 Å². The Hall–Kier alpha value is -0.610. The molecule has 0 bridgehead atoms. The number of nitrogens with zero attached hydrogens (tertiary/aromatic N) is 1. The summed E-state index contributed by atoms with van der Waals surface area (Å²) in [4.78, 5) is 13.6. The standard InChI is InChI=1S/C13H26N2O2/c1-3-17-13(16)7-5-4-6-9-15-10-8-14-12(2)11-15/h12,14H,3-11H2,1-2H3/t12-/m0/s1. The first-order valence-corrected chi connectivity index (χ1v) is 6.83. The summed E-state index contributed by atoms with van der Waals surface area (Å²) >= 11 is 0. The van der Waals surface area contributed by atoms with Gasteiger partial charge in [0.2, 0.25) is 0 Å². The zero-order valence-electron chi connectivity index (χ0n) is 11.2.